The van der Waals surface area contributed by atoms with E-state index in [1.54, 1.807) is 37.3 Å². The van der Waals surface area contributed by atoms with E-state index in [2.05, 4.69) is 0 Å². The molecule has 1 heterocycles. The van der Waals surface area contributed by atoms with Crippen LogP contribution in [-0.2, 0) is 16.1 Å². The lowest BCUT2D eigenvalue weighted by Crippen LogP contribution is -2.34. The summed E-state index contributed by atoms with van der Waals surface area (Å²) in [7, 11) is 0. The Hall–Kier alpha value is -3.25. The van der Waals surface area contributed by atoms with Crippen molar-refractivity contribution in [3.8, 4) is 0 Å². The summed E-state index contributed by atoms with van der Waals surface area (Å²) in [5.74, 6) is -0.747. The molecule has 6 heteroatoms. The minimum atomic E-state index is -0.544. The number of ether oxygens (including phenoxy) is 1. The van der Waals surface area contributed by atoms with Gasteiger partial charge in [0, 0.05) is 5.56 Å². The van der Waals surface area contributed by atoms with E-state index in [0.29, 0.717) is 14.8 Å². The number of benzene rings is 2. The molecule has 0 spiro atoms. The molecule has 0 aliphatic carbocycles. The van der Waals surface area contributed by atoms with Crippen LogP contribution in [0.4, 0.5) is 0 Å². The SMILES string of the molecule is CCOC(=O)/C=c1\s/c(=C\c2ccccc2C)c(=O)n1CC(=O)c1ccccc1. The maximum absolute atomic E-state index is 13.0. The van der Waals surface area contributed by atoms with Crippen LogP contribution >= 0.6 is 11.3 Å². The molecule has 0 aliphatic rings. The number of thiazole rings is 1. The van der Waals surface area contributed by atoms with Gasteiger partial charge in [-0.25, -0.2) is 4.79 Å². The number of carbonyl (C=O) groups is 2. The van der Waals surface area contributed by atoms with Crippen LogP contribution in [0.25, 0.3) is 12.2 Å². The number of aromatic nitrogens is 1. The summed E-state index contributed by atoms with van der Waals surface area (Å²) in [6, 6.07) is 16.5. The Labute approximate surface area is 172 Å². The van der Waals surface area contributed by atoms with E-state index < -0.39 is 5.97 Å². The van der Waals surface area contributed by atoms with Crippen molar-refractivity contribution in [2.75, 3.05) is 6.61 Å². The topological polar surface area (TPSA) is 65.4 Å². The maximum Gasteiger partial charge on any atom is 0.333 e. The van der Waals surface area contributed by atoms with Crippen molar-refractivity contribution in [3.05, 3.63) is 90.8 Å². The van der Waals surface area contributed by atoms with Crippen LogP contribution in [0, 0.1) is 6.92 Å². The third-order valence-corrected chi connectivity index (χ3v) is 5.40. The van der Waals surface area contributed by atoms with Gasteiger partial charge in [0.2, 0.25) is 0 Å². The van der Waals surface area contributed by atoms with E-state index >= 15 is 0 Å². The minimum absolute atomic E-state index is 0.147. The fraction of sp³-hybridized carbons (Fsp3) is 0.174. The van der Waals surface area contributed by atoms with Crippen LogP contribution in [0.5, 0.6) is 0 Å². The monoisotopic (exact) mass is 407 g/mol. The first-order valence-corrected chi connectivity index (χ1v) is 10.0. The fourth-order valence-electron chi connectivity index (χ4n) is 2.83. The smallest absolute Gasteiger partial charge is 0.333 e. The molecule has 0 fully saturated rings. The van der Waals surface area contributed by atoms with Crippen LogP contribution in [0.3, 0.4) is 0 Å². The average Bonchev–Trinajstić information content (AvgIpc) is 2.99. The molecule has 0 saturated carbocycles. The van der Waals surface area contributed by atoms with Gasteiger partial charge in [0.15, 0.2) is 5.78 Å². The minimum Gasteiger partial charge on any atom is -0.463 e. The molecule has 1 aromatic heterocycles. The standard InChI is InChI=1S/C23H21NO4S/c1-3-28-22(26)14-21-24(15-19(25)17-10-5-4-6-11-17)23(27)20(29-21)13-18-12-8-7-9-16(18)2/h4-14H,3,15H2,1-2H3/b20-13-,21-14-. The number of carbonyl (C=O) groups excluding carboxylic acids is 2. The lowest BCUT2D eigenvalue weighted by atomic mass is 10.1. The zero-order chi connectivity index (χ0) is 20.8. The second-order valence-corrected chi connectivity index (χ2v) is 7.44. The lowest BCUT2D eigenvalue weighted by molar-refractivity contribution is -0.135. The second kappa shape index (κ2) is 9.30. The highest BCUT2D eigenvalue weighted by Crippen LogP contribution is 2.07. The molecule has 29 heavy (non-hydrogen) atoms. The lowest BCUT2D eigenvalue weighted by Gasteiger charge is -2.02. The Morgan fingerprint density at radius 1 is 1.07 bits per heavy atom. The summed E-state index contributed by atoms with van der Waals surface area (Å²) < 4.78 is 7.15. The summed E-state index contributed by atoms with van der Waals surface area (Å²) in [5, 5.41) is 0. The van der Waals surface area contributed by atoms with Crippen LogP contribution in [0.2, 0.25) is 0 Å². The van der Waals surface area contributed by atoms with Gasteiger partial charge in [-0.1, -0.05) is 54.6 Å². The Bertz CT molecular complexity index is 1210. The quantitative estimate of drug-likeness (QED) is 0.465. The van der Waals surface area contributed by atoms with E-state index in [4.69, 9.17) is 4.74 Å². The molecule has 0 saturated heterocycles. The number of ketones is 1. The van der Waals surface area contributed by atoms with Gasteiger partial charge in [-0.2, -0.15) is 0 Å². The fourth-order valence-corrected chi connectivity index (χ4v) is 3.85. The Balaban J connectivity index is 2.12. The van der Waals surface area contributed by atoms with Crippen molar-refractivity contribution in [2.24, 2.45) is 0 Å². The van der Waals surface area contributed by atoms with Gasteiger partial charge in [-0.3, -0.25) is 14.2 Å². The number of Topliss-reactive ketones (excluding diaryl/α,β-unsaturated/α-hetero) is 1. The first-order valence-electron chi connectivity index (χ1n) is 9.23. The van der Waals surface area contributed by atoms with Gasteiger partial charge < -0.3 is 4.74 Å². The van der Waals surface area contributed by atoms with Crippen molar-refractivity contribution in [1.82, 2.24) is 4.57 Å². The molecule has 0 radical (unpaired) electrons. The molecule has 0 N–H and O–H groups in total. The molecule has 5 nitrogen and oxygen atoms in total. The Morgan fingerprint density at radius 3 is 2.45 bits per heavy atom. The number of nitrogens with zero attached hydrogens (tertiary/aromatic N) is 1. The molecule has 148 valence electrons. The first kappa shape index (κ1) is 20.5. The highest BCUT2D eigenvalue weighted by atomic mass is 32.1. The van der Waals surface area contributed by atoms with Gasteiger partial charge in [0.25, 0.3) is 5.56 Å². The number of rotatable bonds is 6. The van der Waals surface area contributed by atoms with Gasteiger partial charge in [0.1, 0.15) is 4.66 Å². The second-order valence-electron chi connectivity index (χ2n) is 6.38. The van der Waals surface area contributed by atoms with Gasteiger partial charge >= 0.3 is 5.97 Å². The maximum atomic E-state index is 13.0. The van der Waals surface area contributed by atoms with Gasteiger partial charge in [0.05, 0.1) is 23.8 Å². The predicted molar refractivity (Wildman–Crippen MR) is 114 cm³/mol. The number of hydrogen-bond acceptors (Lipinski definition) is 5. The number of hydrogen-bond donors (Lipinski definition) is 0. The van der Waals surface area contributed by atoms with Crippen molar-refractivity contribution < 1.29 is 14.3 Å². The average molecular weight is 407 g/mol. The highest BCUT2D eigenvalue weighted by molar-refractivity contribution is 7.07. The third-order valence-electron chi connectivity index (χ3n) is 4.34. The number of aryl methyl sites for hydroxylation is 1. The molecule has 0 bridgehead atoms. The molecule has 0 unspecified atom stereocenters. The largest absolute Gasteiger partial charge is 0.463 e. The summed E-state index contributed by atoms with van der Waals surface area (Å²) in [5.41, 5.74) is 2.15. The number of esters is 1. The van der Waals surface area contributed by atoms with Gasteiger partial charge in [-0.05, 0) is 31.1 Å². The molecular formula is C23H21NO4S. The van der Waals surface area contributed by atoms with E-state index in [9.17, 15) is 14.4 Å². The molecule has 2 aromatic carbocycles. The van der Waals surface area contributed by atoms with Crippen molar-refractivity contribution in [3.63, 3.8) is 0 Å². The molecule has 0 atom stereocenters. The van der Waals surface area contributed by atoms with Gasteiger partial charge in [-0.15, -0.1) is 11.3 Å². The Morgan fingerprint density at radius 2 is 1.76 bits per heavy atom. The van der Waals surface area contributed by atoms with Crippen molar-refractivity contribution in [1.29, 1.82) is 0 Å². The molecule has 3 rings (SSSR count). The summed E-state index contributed by atoms with van der Waals surface area (Å²) in [6.07, 6.45) is 3.05. The predicted octanol–water partition coefficient (Wildman–Crippen LogP) is 2.27. The first-order chi connectivity index (χ1) is 14.0. The molecule has 3 aromatic rings. The van der Waals surface area contributed by atoms with E-state index in [-0.39, 0.29) is 24.5 Å². The summed E-state index contributed by atoms with van der Waals surface area (Å²) in [6.45, 7) is 3.76. The molecular weight excluding hydrogens is 386 g/mol. The molecule has 0 amide bonds. The van der Waals surface area contributed by atoms with E-state index in [0.717, 1.165) is 11.1 Å². The normalized spacial score (nSPS) is 12.2. The Kier molecular flexibility index (Phi) is 6.57. The van der Waals surface area contributed by atoms with Crippen LogP contribution in [0.15, 0.2) is 59.4 Å². The van der Waals surface area contributed by atoms with Crippen LogP contribution in [0.1, 0.15) is 28.4 Å². The summed E-state index contributed by atoms with van der Waals surface area (Å²) in [4.78, 5) is 37.7. The zero-order valence-corrected chi connectivity index (χ0v) is 17.1. The van der Waals surface area contributed by atoms with Crippen LogP contribution < -0.4 is 14.8 Å². The molecule has 0 aliphatic heterocycles. The third kappa shape index (κ3) is 4.97. The van der Waals surface area contributed by atoms with Crippen molar-refractivity contribution in [2.45, 2.75) is 20.4 Å². The summed E-state index contributed by atoms with van der Waals surface area (Å²) >= 11 is 1.17. The van der Waals surface area contributed by atoms with Crippen molar-refractivity contribution >= 4 is 35.2 Å². The highest BCUT2D eigenvalue weighted by Gasteiger charge is 2.12. The van der Waals surface area contributed by atoms with Crippen LogP contribution in [-0.4, -0.2) is 22.9 Å². The van der Waals surface area contributed by atoms with E-state index in [1.165, 1.54) is 22.0 Å². The zero-order valence-electron chi connectivity index (χ0n) is 16.3. The van der Waals surface area contributed by atoms with E-state index in [1.807, 2.05) is 37.3 Å².